The number of benzene rings is 3. The molecule has 0 aliphatic carbocycles. The molecule has 5 rings (SSSR count). The largest absolute Gasteiger partial charge is 0.356 e. The van der Waals surface area contributed by atoms with Crippen LogP contribution in [0.15, 0.2) is 85.1 Å². The summed E-state index contributed by atoms with van der Waals surface area (Å²) in [5.41, 5.74) is 2.06. The Morgan fingerprint density at radius 1 is 0.970 bits per heavy atom. The van der Waals surface area contributed by atoms with Crippen molar-refractivity contribution >= 4 is 11.4 Å². The first-order valence-electron chi connectivity index (χ1n) is 10.7. The molecule has 3 aromatic carbocycles. The minimum atomic E-state index is -1.60. The number of halogens is 1. The Bertz CT molecular complexity index is 1350. The first-order chi connectivity index (χ1) is 16.0. The summed E-state index contributed by atoms with van der Waals surface area (Å²) in [7, 11) is 0. The van der Waals surface area contributed by atoms with Crippen molar-refractivity contribution in [3.63, 3.8) is 0 Å². The van der Waals surface area contributed by atoms with Crippen LogP contribution in [0.4, 0.5) is 4.39 Å². The van der Waals surface area contributed by atoms with Crippen molar-refractivity contribution in [2.45, 2.75) is 24.9 Å². The molecule has 3 aromatic rings. The van der Waals surface area contributed by atoms with Crippen LogP contribution in [0.5, 0.6) is 0 Å². The van der Waals surface area contributed by atoms with Gasteiger partial charge in [-0.1, -0.05) is 66.7 Å². The number of rotatable bonds is 3. The van der Waals surface area contributed by atoms with Crippen LogP contribution < -0.4 is 0 Å². The number of carbonyl (C=O) groups excluding carboxylic acids is 1. The van der Waals surface area contributed by atoms with E-state index >= 15 is 0 Å². The van der Waals surface area contributed by atoms with Gasteiger partial charge in [-0.3, -0.25) is 4.79 Å². The van der Waals surface area contributed by atoms with Crippen molar-refractivity contribution in [1.82, 2.24) is 4.90 Å². The molecule has 1 saturated heterocycles. The second-order valence-corrected chi connectivity index (χ2v) is 8.55. The topological polar surface area (TPSA) is 67.9 Å². The molecule has 3 atom stereocenters. The number of ketones is 1. The molecular weight excluding hydrogens is 413 g/mol. The molecule has 0 amide bonds. The second kappa shape index (κ2) is 7.73. The lowest BCUT2D eigenvalue weighted by Gasteiger charge is -2.36. The van der Waals surface area contributed by atoms with Crippen LogP contribution in [0, 0.1) is 33.9 Å². The molecule has 4 nitrogen and oxygen atoms in total. The van der Waals surface area contributed by atoms with Gasteiger partial charge in [-0.15, -0.1) is 0 Å². The highest BCUT2D eigenvalue weighted by atomic mass is 19.1. The number of allylic oxidation sites excluding steroid dienone is 1. The lowest BCUT2D eigenvalue weighted by molar-refractivity contribution is 0.0874. The van der Waals surface area contributed by atoms with Crippen molar-refractivity contribution < 1.29 is 9.18 Å². The molecule has 0 aromatic heterocycles. The van der Waals surface area contributed by atoms with Gasteiger partial charge in [0.2, 0.25) is 0 Å². The molecule has 0 bridgehead atoms. The minimum absolute atomic E-state index is 0.203. The number of hydrogen-bond donors (Lipinski definition) is 0. The fraction of sp³-hybridized carbons (Fsp3) is 0.179. The zero-order valence-corrected chi connectivity index (χ0v) is 17.9. The summed E-state index contributed by atoms with van der Waals surface area (Å²) in [6.45, 7) is 1.95. The Morgan fingerprint density at radius 2 is 1.67 bits per heavy atom. The third-order valence-corrected chi connectivity index (χ3v) is 6.78. The highest BCUT2D eigenvalue weighted by molar-refractivity contribution is 6.01. The van der Waals surface area contributed by atoms with E-state index in [2.05, 4.69) is 12.1 Å². The Balaban J connectivity index is 1.81. The molecule has 160 valence electrons. The molecule has 2 aliphatic heterocycles. The molecule has 0 saturated carbocycles. The highest BCUT2D eigenvalue weighted by Gasteiger charge is 2.64. The van der Waals surface area contributed by atoms with Crippen LogP contribution in [-0.4, -0.2) is 16.7 Å². The normalized spacial score (nSPS) is 22.4. The van der Waals surface area contributed by atoms with Gasteiger partial charge < -0.3 is 4.90 Å². The van der Waals surface area contributed by atoms with Crippen LogP contribution in [0.25, 0.3) is 5.57 Å². The Labute approximate surface area is 191 Å². The van der Waals surface area contributed by atoms with Gasteiger partial charge >= 0.3 is 0 Å². The molecule has 1 fully saturated rings. The van der Waals surface area contributed by atoms with Crippen LogP contribution in [-0.2, 0) is 0 Å². The number of carbonyl (C=O) groups is 1. The van der Waals surface area contributed by atoms with E-state index in [1.165, 1.54) is 12.1 Å². The highest BCUT2D eigenvalue weighted by Crippen LogP contribution is 2.60. The van der Waals surface area contributed by atoms with Crippen molar-refractivity contribution in [2.24, 2.45) is 5.41 Å². The maximum atomic E-state index is 14.3. The van der Waals surface area contributed by atoms with E-state index in [1.54, 1.807) is 36.4 Å². The van der Waals surface area contributed by atoms with Gasteiger partial charge in [0.25, 0.3) is 0 Å². The van der Waals surface area contributed by atoms with Gasteiger partial charge in [-0.2, -0.15) is 10.5 Å². The molecule has 0 radical (unpaired) electrons. The van der Waals surface area contributed by atoms with Gasteiger partial charge in [0.15, 0.2) is 11.2 Å². The molecular formula is C28H20FN3O. The summed E-state index contributed by atoms with van der Waals surface area (Å²) >= 11 is 0. The maximum Gasteiger partial charge on any atom is 0.185 e. The monoisotopic (exact) mass is 433 g/mol. The quantitative estimate of drug-likeness (QED) is 0.503. The van der Waals surface area contributed by atoms with Gasteiger partial charge in [0, 0.05) is 17.7 Å². The lowest BCUT2D eigenvalue weighted by atomic mass is 9.67. The van der Waals surface area contributed by atoms with E-state index < -0.39 is 29.2 Å². The number of fused-ring (bicyclic) bond motifs is 3. The third-order valence-electron chi connectivity index (χ3n) is 6.78. The Hall–Kier alpha value is -4.22. The summed E-state index contributed by atoms with van der Waals surface area (Å²) in [5, 5.41) is 21.0. The zero-order valence-electron chi connectivity index (χ0n) is 17.9. The third kappa shape index (κ3) is 2.97. The minimum Gasteiger partial charge on any atom is -0.356 e. The van der Waals surface area contributed by atoms with Crippen LogP contribution in [0.2, 0.25) is 0 Å². The zero-order chi connectivity index (χ0) is 23.2. The number of hydrogen-bond acceptors (Lipinski definition) is 4. The molecule has 3 unspecified atom stereocenters. The summed E-state index contributed by atoms with van der Waals surface area (Å²) in [6, 6.07) is 25.5. The average Bonchev–Trinajstić information content (AvgIpc) is 3.15. The van der Waals surface area contributed by atoms with Gasteiger partial charge in [-0.25, -0.2) is 4.39 Å². The molecule has 33 heavy (non-hydrogen) atoms. The van der Waals surface area contributed by atoms with Crippen LogP contribution >= 0.6 is 0 Å². The fourth-order valence-corrected chi connectivity index (χ4v) is 5.43. The van der Waals surface area contributed by atoms with Crippen molar-refractivity contribution in [2.75, 3.05) is 0 Å². The molecule has 0 spiro atoms. The average molecular weight is 433 g/mol. The predicted octanol–water partition coefficient (Wildman–Crippen LogP) is 5.63. The maximum absolute atomic E-state index is 14.3. The lowest BCUT2D eigenvalue weighted by Crippen LogP contribution is -2.38. The first kappa shape index (κ1) is 20.7. The summed E-state index contributed by atoms with van der Waals surface area (Å²) in [6.07, 6.45) is 1.88. The first-order valence-corrected chi connectivity index (χ1v) is 10.7. The second-order valence-electron chi connectivity index (χ2n) is 8.55. The molecule has 0 N–H and O–H groups in total. The Kier molecular flexibility index (Phi) is 4.84. The summed E-state index contributed by atoms with van der Waals surface area (Å²) in [4.78, 5) is 15.8. The molecule has 2 heterocycles. The van der Waals surface area contributed by atoms with Crippen molar-refractivity contribution in [1.29, 1.82) is 10.5 Å². The van der Waals surface area contributed by atoms with Crippen LogP contribution in [0.1, 0.15) is 45.9 Å². The van der Waals surface area contributed by atoms with Crippen LogP contribution in [0.3, 0.4) is 0 Å². The van der Waals surface area contributed by atoms with E-state index in [-0.39, 0.29) is 5.78 Å². The van der Waals surface area contributed by atoms with E-state index in [0.29, 0.717) is 11.1 Å². The van der Waals surface area contributed by atoms with Gasteiger partial charge in [-0.05, 0) is 41.3 Å². The SMILES string of the molecule is CC1=CN2C(C(=O)c3ccccc3)C(c3cccc(F)c3)C(C#N)(C#N)C2c2ccccc21. The van der Waals surface area contributed by atoms with E-state index in [0.717, 1.165) is 16.7 Å². The molecule has 5 heteroatoms. The standard InChI is InChI=1S/C28H20FN3O/c1-18-15-32-25(26(33)19-8-3-2-4-9-19)24(20-10-7-11-21(29)14-20)28(16-30,17-31)27(32)23-13-6-5-12-22(18)23/h2-15,24-25,27H,1H3. The van der Waals surface area contributed by atoms with Gasteiger partial charge in [0.05, 0.1) is 18.2 Å². The summed E-state index contributed by atoms with van der Waals surface area (Å²) in [5.74, 6) is -1.53. The van der Waals surface area contributed by atoms with Crippen molar-refractivity contribution in [3.05, 3.63) is 113 Å². The number of Topliss-reactive ketones (excluding diaryl/α,β-unsaturated/α-hetero) is 1. The predicted molar refractivity (Wildman–Crippen MR) is 122 cm³/mol. The summed E-state index contributed by atoms with van der Waals surface area (Å²) < 4.78 is 14.3. The number of nitrogens with zero attached hydrogens (tertiary/aromatic N) is 3. The van der Waals surface area contributed by atoms with Gasteiger partial charge in [0.1, 0.15) is 11.9 Å². The van der Waals surface area contributed by atoms with E-state index in [9.17, 15) is 19.7 Å². The van der Waals surface area contributed by atoms with E-state index in [4.69, 9.17) is 0 Å². The van der Waals surface area contributed by atoms with Crippen molar-refractivity contribution in [3.8, 4) is 12.1 Å². The molecule has 2 aliphatic rings. The van der Waals surface area contributed by atoms with E-state index in [1.807, 2.05) is 48.4 Å². The fourth-order valence-electron chi connectivity index (χ4n) is 5.43. The smallest absolute Gasteiger partial charge is 0.185 e. The Morgan fingerprint density at radius 3 is 2.36 bits per heavy atom. The number of nitriles is 2.